The standard InChI is InChI=1S/C23H17N5O3S/c29-17(19-4-2-12-32-19)9-10-20(30)26-15-7-5-14(6-8-15)21-16(13-25-28-21)23-27-22-18(31-23)3-1-11-24-22/h1-8,11-13H,9-10H2,(H,25,28)(H,26,30). The summed E-state index contributed by atoms with van der Waals surface area (Å²) in [6.45, 7) is 0. The summed E-state index contributed by atoms with van der Waals surface area (Å²) in [5, 5.41) is 11.9. The van der Waals surface area contributed by atoms with E-state index < -0.39 is 0 Å². The topological polar surface area (TPSA) is 114 Å². The number of nitrogens with one attached hydrogen (secondary N) is 2. The van der Waals surface area contributed by atoms with Gasteiger partial charge < -0.3 is 9.73 Å². The van der Waals surface area contributed by atoms with Crippen LogP contribution in [-0.4, -0.2) is 31.9 Å². The Morgan fingerprint density at radius 3 is 2.72 bits per heavy atom. The van der Waals surface area contributed by atoms with Gasteiger partial charge in [-0.2, -0.15) is 10.1 Å². The molecule has 1 aromatic carbocycles. The Balaban J connectivity index is 1.27. The van der Waals surface area contributed by atoms with E-state index in [9.17, 15) is 9.59 Å². The van der Waals surface area contributed by atoms with Gasteiger partial charge in [-0.15, -0.1) is 11.3 Å². The summed E-state index contributed by atoms with van der Waals surface area (Å²) < 4.78 is 5.81. The lowest BCUT2D eigenvalue weighted by atomic mass is 10.1. The summed E-state index contributed by atoms with van der Waals surface area (Å²) in [6.07, 6.45) is 3.70. The van der Waals surface area contributed by atoms with Crippen LogP contribution in [0.25, 0.3) is 33.9 Å². The molecule has 158 valence electrons. The fraction of sp³-hybridized carbons (Fsp3) is 0.0870. The molecule has 0 spiro atoms. The molecule has 2 N–H and O–H groups in total. The summed E-state index contributed by atoms with van der Waals surface area (Å²) in [6, 6.07) is 14.5. The number of aromatic amines is 1. The smallest absolute Gasteiger partial charge is 0.232 e. The van der Waals surface area contributed by atoms with Crippen LogP contribution in [-0.2, 0) is 4.79 Å². The molecule has 5 rings (SSSR count). The number of Topliss-reactive ketones (excluding diaryl/α,β-unsaturated/α-hetero) is 1. The van der Waals surface area contributed by atoms with Crippen molar-refractivity contribution in [2.24, 2.45) is 0 Å². The lowest BCUT2D eigenvalue weighted by molar-refractivity contribution is -0.116. The highest BCUT2D eigenvalue weighted by atomic mass is 32.1. The number of carbonyl (C=O) groups excluding carboxylic acids is 2. The normalized spacial score (nSPS) is 11.0. The number of nitrogens with zero attached hydrogens (tertiary/aromatic N) is 3. The first kappa shape index (κ1) is 19.8. The molecule has 4 heterocycles. The number of hydrogen-bond donors (Lipinski definition) is 2. The third-order valence-corrected chi connectivity index (χ3v) is 5.76. The van der Waals surface area contributed by atoms with Crippen molar-refractivity contribution in [3.05, 3.63) is 71.2 Å². The second-order valence-corrected chi connectivity index (χ2v) is 7.97. The quantitative estimate of drug-likeness (QED) is 0.344. The molecule has 5 aromatic rings. The SMILES string of the molecule is O=C(CCC(=O)c1cccs1)Nc1ccc(-c2n[nH]cc2-c2nc3ncccc3o2)cc1. The van der Waals surface area contributed by atoms with Crippen LogP contribution in [0.1, 0.15) is 22.5 Å². The van der Waals surface area contributed by atoms with E-state index >= 15 is 0 Å². The van der Waals surface area contributed by atoms with Gasteiger partial charge in [-0.3, -0.25) is 14.7 Å². The molecule has 0 atom stereocenters. The zero-order valence-electron chi connectivity index (χ0n) is 16.7. The molecular weight excluding hydrogens is 426 g/mol. The molecule has 0 aliphatic rings. The van der Waals surface area contributed by atoms with Crippen LogP contribution in [0.4, 0.5) is 5.69 Å². The van der Waals surface area contributed by atoms with E-state index in [1.165, 1.54) is 11.3 Å². The molecule has 0 saturated heterocycles. The molecule has 9 heteroatoms. The zero-order valence-corrected chi connectivity index (χ0v) is 17.6. The summed E-state index contributed by atoms with van der Waals surface area (Å²) in [4.78, 5) is 33.6. The van der Waals surface area contributed by atoms with Crippen LogP contribution < -0.4 is 5.32 Å². The van der Waals surface area contributed by atoms with Crippen molar-refractivity contribution in [2.75, 3.05) is 5.32 Å². The molecular formula is C23H17N5O3S. The van der Waals surface area contributed by atoms with Crippen molar-refractivity contribution >= 4 is 39.9 Å². The third kappa shape index (κ3) is 4.06. The molecule has 0 aliphatic carbocycles. The van der Waals surface area contributed by atoms with Gasteiger partial charge in [-0.25, -0.2) is 4.98 Å². The van der Waals surface area contributed by atoms with Gasteiger partial charge in [0.1, 0.15) is 5.69 Å². The van der Waals surface area contributed by atoms with Crippen LogP contribution in [0.2, 0.25) is 0 Å². The number of benzene rings is 1. The lowest BCUT2D eigenvalue weighted by Gasteiger charge is -2.06. The highest BCUT2D eigenvalue weighted by molar-refractivity contribution is 7.12. The number of thiophene rings is 1. The molecule has 32 heavy (non-hydrogen) atoms. The van der Waals surface area contributed by atoms with Gasteiger partial charge in [0.25, 0.3) is 0 Å². The number of amides is 1. The van der Waals surface area contributed by atoms with Crippen LogP contribution in [0.3, 0.4) is 0 Å². The van der Waals surface area contributed by atoms with Gasteiger partial charge in [-0.05, 0) is 35.7 Å². The summed E-state index contributed by atoms with van der Waals surface area (Å²) in [5.41, 5.74) is 4.01. The van der Waals surface area contributed by atoms with Gasteiger partial charge >= 0.3 is 0 Å². The minimum absolute atomic E-state index is 0.0223. The van der Waals surface area contributed by atoms with Gasteiger partial charge in [0.15, 0.2) is 17.0 Å². The van der Waals surface area contributed by atoms with E-state index in [1.54, 1.807) is 36.7 Å². The Hall–Kier alpha value is -4.11. The van der Waals surface area contributed by atoms with Crippen molar-refractivity contribution in [1.82, 2.24) is 20.2 Å². The van der Waals surface area contributed by atoms with E-state index in [2.05, 4.69) is 25.5 Å². The maximum absolute atomic E-state index is 12.2. The number of pyridine rings is 1. The third-order valence-electron chi connectivity index (χ3n) is 4.85. The minimum atomic E-state index is -0.206. The van der Waals surface area contributed by atoms with Crippen LogP contribution in [0.15, 0.2) is 70.7 Å². The molecule has 8 nitrogen and oxygen atoms in total. The van der Waals surface area contributed by atoms with Gasteiger partial charge in [0.2, 0.25) is 11.8 Å². The Labute approximate surface area is 186 Å². The van der Waals surface area contributed by atoms with Crippen molar-refractivity contribution in [3.8, 4) is 22.7 Å². The number of fused-ring (bicyclic) bond motifs is 1. The number of carbonyl (C=O) groups is 2. The second-order valence-electron chi connectivity index (χ2n) is 7.02. The molecule has 0 fully saturated rings. The van der Waals surface area contributed by atoms with Gasteiger partial charge in [-0.1, -0.05) is 18.2 Å². The largest absolute Gasteiger partial charge is 0.434 e. The van der Waals surface area contributed by atoms with Crippen LogP contribution in [0, 0.1) is 0 Å². The Morgan fingerprint density at radius 1 is 1.06 bits per heavy atom. The summed E-state index contributed by atoms with van der Waals surface area (Å²) in [7, 11) is 0. The summed E-state index contributed by atoms with van der Waals surface area (Å²) in [5.74, 6) is 0.197. The van der Waals surface area contributed by atoms with Crippen LogP contribution in [0.5, 0.6) is 0 Å². The molecule has 0 radical (unpaired) electrons. The number of hydrogen-bond acceptors (Lipinski definition) is 7. The lowest BCUT2D eigenvalue weighted by Crippen LogP contribution is -2.13. The van der Waals surface area contributed by atoms with Crippen molar-refractivity contribution < 1.29 is 14.0 Å². The van der Waals surface area contributed by atoms with E-state index in [4.69, 9.17) is 4.42 Å². The maximum atomic E-state index is 12.2. The fourth-order valence-electron chi connectivity index (χ4n) is 3.28. The van der Waals surface area contributed by atoms with Crippen molar-refractivity contribution in [2.45, 2.75) is 12.8 Å². The van der Waals surface area contributed by atoms with E-state index in [-0.39, 0.29) is 24.5 Å². The first-order valence-corrected chi connectivity index (χ1v) is 10.8. The average molecular weight is 443 g/mol. The molecule has 0 aliphatic heterocycles. The van der Waals surface area contributed by atoms with E-state index in [0.29, 0.717) is 38.9 Å². The first-order chi connectivity index (χ1) is 15.7. The highest BCUT2D eigenvalue weighted by Gasteiger charge is 2.17. The van der Waals surface area contributed by atoms with Crippen LogP contribution >= 0.6 is 11.3 Å². The fourth-order valence-corrected chi connectivity index (χ4v) is 3.97. The molecule has 0 bridgehead atoms. The van der Waals surface area contributed by atoms with Gasteiger partial charge in [0.05, 0.1) is 10.4 Å². The second kappa shape index (κ2) is 8.56. The Morgan fingerprint density at radius 2 is 1.94 bits per heavy atom. The number of rotatable bonds is 7. The summed E-state index contributed by atoms with van der Waals surface area (Å²) >= 11 is 1.38. The molecule has 0 saturated carbocycles. The average Bonchev–Trinajstić information content (AvgIpc) is 3.58. The monoisotopic (exact) mass is 443 g/mol. The maximum Gasteiger partial charge on any atom is 0.232 e. The Kier molecular flexibility index (Phi) is 5.30. The molecule has 4 aromatic heterocycles. The van der Waals surface area contributed by atoms with Crippen molar-refractivity contribution in [1.29, 1.82) is 0 Å². The van der Waals surface area contributed by atoms with E-state index in [1.807, 2.05) is 29.6 Å². The number of ketones is 1. The first-order valence-electron chi connectivity index (χ1n) is 9.90. The van der Waals surface area contributed by atoms with E-state index in [0.717, 1.165) is 5.56 Å². The number of H-pyrrole nitrogens is 1. The highest BCUT2D eigenvalue weighted by Crippen LogP contribution is 2.31. The number of aromatic nitrogens is 4. The number of anilines is 1. The molecule has 1 amide bonds. The van der Waals surface area contributed by atoms with Gasteiger partial charge in [0, 0.05) is 36.5 Å². The minimum Gasteiger partial charge on any atom is -0.434 e. The molecule has 0 unspecified atom stereocenters. The predicted molar refractivity (Wildman–Crippen MR) is 121 cm³/mol. The zero-order chi connectivity index (χ0) is 21.9. The van der Waals surface area contributed by atoms with Crippen molar-refractivity contribution in [3.63, 3.8) is 0 Å². The Bertz CT molecular complexity index is 1350. The predicted octanol–water partition coefficient (Wildman–Crippen LogP) is 4.94. The number of oxazole rings is 1.